The summed E-state index contributed by atoms with van der Waals surface area (Å²) < 4.78 is 7.32. The Morgan fingerprint density at radius 3 is 2.26 bits per heavy atom. The molecule has 0 saturated heterocycles. The molecule has 1 N–H and O–H groups in total. The fraction of sp³-hybridized carbons (Fsp3) is 0.189. The number of anilines is 1. The minimum absolute atomic E-state index is 0.0521. The van der Waals surface area contributed by atoms with Gasteiger partial charge in [0.1, 0.15) is 0 Å². The number of benzene rings is 4. The molecule has 5 rings (SSSR count). The maximum absolute atomic E-state index is 13.0. The monoisotopic (exact) mass is 588 g/mol. The van der Waals surface area contributed by atoms with Crippen LogP contribution in [0.25, 0.3) is 16.5 Å². The van der Waals surface area contributed by atoms with Gasteiger partial charge in [0.15, 0.2) is 0 Å². The molecule has 0 spiro atoms. The normalized spacial score (nSPS) is 11.6. The molecule has 5 nitrogen and oxygen atoms in total. The van der Waals surface area contributed by atoms with Crippen LogP contribution in [0.2, 0.25) is 0 Å². The SMILES string of the molecule is CCOC(=O)CCCSc1ccccc1NC(=O)/C=C(\C)c1ccc2c(ccn2C(c2ccccc2)c2ccccc2)c1. The number of hydrogen-bond acceptors (Lipinski definition) is 4. The lowest BCUT2D eigenvalue weighted by atomic mass is 9.98. The molecule has 5 aromatic rings. The van der Waals surface area contributed by atoms with E-state index in [0.717, 1.165) is 38.4 Å². The molecule has 218 valence electrons. The van der Waals surface area contributed by atoms with E-state index in [1.807, 2.05) is 50.2 Å². The minimum atomic E-state index is -0.178. The van der Waals surface area contributed by atoms with E-state index in [4.69, 9.17) is 4.74 Å². The molecule has 0 saturated carbocycles. The van der Waals surface area contributed by atoms with Crippen LogP contribution in [0.15, 0.2) is 126 Å². The highest BCUT2D eigenvalue weighted by Gasteiger charge is 2.18. The third-order valence-electron chi connectivity index (χ3n) is 7.27. The summed E-state index contributed by atoms with van der Waals surface area (Å²) in [4.78, 5) is 25.6. The van der Waals surface area contributed by atoms with Gasteiger partial charge in [-0.2, -0.15) is 0 Å². The van der Waals surface area contributed by atoms with Crippen molar-refractivity contribution in [2.24, 2.45) is 0 Å². The molecule has 0 bridgehead atoms. The molecule has 0 aliphatic rings. The standard InChI is InChI=1S/C37H36N2O3S/c1-3-42-36(41)19-12-24-43-34-18-11-10-17-32(34)38-35(40)25-27(2)30-20-21-33-31(26-30)22-23-39(33)37(28-13-6-4-7-14-28)29-15-8-5-9-16-29/h4-11,13-18,20-23,25-26,37H,3,12,19,24H2,1-2H3,(H,38,40)/b27-25+. The summed E-state index contributed by atoms with van der Waals surface area (Å²) in [5.74, 6) is 0.408. The Morgan fingerprint density at radius 2 is 1.56 bits per heavy atom. The van der Waals surface area contributed by atoms with Crippen molar-refractivity contribution in [3.63, 3.8) is 0 Å². The second-order valence-corrected chi connectivity index (χ2v) is 11.4. The van der Waals surface area contributed by atoms with E-state index in [0.29, 0.717) is 19.4 Å². The van der Waals surface area contributed by atoms with Crippen molar-refractivity contribution < 1.29 is 14.3 Å². The summed E-state index contributed by atoms with van der Waals surface area (Å²) >= 11 is 1.62. The second kappa shape index (κ2) is 14.6. The fourth-order valence-electron chi connectivity index (χ4n) is 5.20. The van der Waals surface area contributed by atoms with Crippen LogP contribution in [0.1, 0.15) is 49.4 Å². The molecule has 1 aromatic heterocycles. The van der Waals surface area contributed by atoms with Crippen molar-refractivity contribution >= 4 is 45.8 Å². The maximum atomic E-state index is 13.0. The number of amides is 1. The number of rotatable bonds is 12. The Labute approximate surface area is 257 Å². The molecular formula is C37H36N2O3S. The van der Waals surface area contributed by atoms with Gasteiger partial charge in [0.25, 0.3) is 0 Å². The number of fused-ring (bicyclic) bond motifs is 1. The van der Waals surface area contributed by atoms with Gasteiger partial charge >= 0.3 is 5.97 Å². The van der Waals surface area contributed by atoms with Crippen molar-refractivity contribution in [3.8, 4) is 0 Å². The zero-order valence-electron chi connectivity index (χ0n) is 24.5. The molecule has 0 unspecified atom stereocenters. The van der Waals surface area contributed by atoms with E-state index in [-0.39, 0.29) is 17.9 Å². The molecule has 1 heterocycles. The number of carbonyl (C=O) groups excluding carboxylic acids is 2. The Balaban J connectivity index is 1.31. The van der Waals surface area contributed by atoms with Crippen LogP contribution < -0.4 is 5.32 Å². The van der Waals surface area contributed by atoms with Gasteiger partial charge in [-0.1, -0.05) is 78.9 Å². The number of hydrogen-bond donors (Lipinski definition) is 1. The van der Waals surface area contributed by atoms with Gasteiger partial charge in [-0.25, -0.2) is 0 Å². The number of nitrogens with one attached hydrogen (secondary N) is 1. The van der Waals surface area contributed by atoms with Crippen LogP contribution in [0.4, 0.5) is 5.69 Å². The Bertz CT molecular complexity index is 1670. The first-order valence-corrected chi connectivity index (χ1v) is 15.6. The van der Waals surface area contributed by atoms with E-state index in [9.17, 15) is 9.59 Å². The lowest BCUT2D eigenvalue weighted by molar-refractivity contribution is -0.143. The lowest BCUT2D eigenvalue weighted by Gasteiger charge is -2.21. The molecule has 6 heteroatoms. The van der Waals surface area contributed by atoms with Crippen LogP contribution in [0.3, 0.4) is 0 Å². The average Bonchev–Trinajstić information content (AvgIpc) is 3.44. The van der Waals surface area contributed by atoms with Gasteiger partial charge in [-0.3, -0.25) is 9.59 Å². The number of ether oxygens (including phenoxy) is 1. The van der Waals surface area contributed by atoms with Gasteiger partial charge in [0.2, 0.25) is 5.91 Å². The van der Waals surface area contributed by atoms with E-state index < -0.39 is 0 Å². The number of aromatic nitrogens is 1. The summed E-state index contributed by atoms with van der Waals surface area (Å²) in [6.45, 7) is 4.17. The van der Waals surface area contributed by atoms with Gasteiger partial charge in [-0.05, 0) is 78.6 Å². The Hall–Kier alpha value is -4.55. The lowest BCUT2D eigenvalue weighted by Crippen LogP contribution is -2.11. The molecule has 0 atom stereocenters. The molecule has 4 aromatic carbocycles. The summed E-state index contributed by atoms with van der Waals surface area (Å²) in [5, 5.41) is 4.16. The van der Waals surface area contributed by atoms with Crippen molar-refractivity contribution in [3.05, 3.63) is 138 Å². The zero-order chi connectivity index (χ0) is 30.0. The molecule has 1 amide bonds. The van der Waals surface area contributed by atoms with E-state index in [2.05, 4.69) is 88.9 Å². The summed E-state index contributed by atoms with van der Waals surface area (Å²) in [7, 11) is 0. The minimum Gasteiger partial charge on any atom is -0.466 e. The summed E-state index contributed by atoms with van der Waals surface area (Å²) in [6.07, 6.45) is 4.90. The summed E-state index contributed by atoms with van der Waals surface area (Å²) in [6, 6.07) is 37.4. The highest BCUT2D eigenvalue weighted by molar-refractivity contribution is 7.99. The van der Waals surface area contributed by atoms with Gasteiger partial charge in [0, 0.05) is 34.5 Å². The molecule has 43 heavy (non-hydrogen) atoms. The average molecular weight is 589 g/mol. The van der Waals surface area contributed by atoms with Crippen molar-refractivity contribution in [2.45, 2.75) is 37.6 Å². The van der Waals surface area contributed by atoms with Gasteiger partial charge in [0.05, 0.1) is 18.3 Å². The van der Waals surface area contributed by atoms with Crippen LogP contribution in [0, 0.1) is 0 Å². The molecule has 0 radical (unpaired) electrons. The smallest absolute Gasteiger partial charge is 0.305 e. The first-order chi connectivity index (χ1) is 21.0. The highest BCUT2D eigenvalue weighted by Crippen LogP contribution is 2.32. The predicted molar refractivity (Wildman–Crippen MR) is 177 cm³/mol. The van der Waals surface area contributed by atoms with Crippen LogP contribution >= 0.6 is 11.8 Å². The van der Waals surface area contributed by atoms with Gasteiger partial charge in [-0.15, -0.1) is 11.8 Å². The van der Waals surface area contributed by atoms with E-state index >= 15 is 0 Å². The summed E-state index contributed by atoms with van der Waals surface area (Å²) in [5.41, 5.74) is 6.22. The third kappa shape index (κ3) is 7.65. The van der Waals surface area contributed by atoms with Crippen LogP contribution in [-0.4, -0.2) is 28.8 Å². The fourth-order valence-corrected chi connectivity index (χ4v) is 6.15. The van der Waals surface area contributed by atoms with Crippen molar-refractivity contribution in [1.29, 1.82) is 0 Å². The molecule has 0 aliphatic heterocycles. The quantitative estimate of drug-likeness (QED) is 0.0685. The zero-order valence-corrected chi connectivity index (χ0v) is 25.3. The largest absolute Gasteiger partial charge is 0.466 e. The van der Waals surface area contributed by atoms with E-state index in [1.165, 1.54) is 11.1 Å². The Morgan fingerprint density at radius 1 is 0.884 bits per heavy atom. The number of esters is 1. The van der Waals surface area contributed by atoms with Crippen LogP contribution in [-0.2, 0) is 14.3 Å². The molecule has 0 aliphatic carbocycles. The highest BCUT2D eigenvalue weighted by atomic mass is 32.2. The van der Waals surface area contributed by atoms with Crippen molar-refractivity contribution in [1.82, 2.24) is 4.57 Å². The molecule has 0 fully saturated rings. The number of nitrogens with zero attached hydrogens (tertiary/aromatic N) is 1. The van der Waals surface area contributed by atoms with Gasteiger partial charge < -0.3 is 14.6 Å². The Kier molecular flexibility index (Phi) is 10.1. The third-order valence-corrected chi connectivity index (χ3v) is 8.42. The number of allylic oxidation sites excluding steroid dienone is 1. The first-order valence-electron chi connectivity index (χ1n) is 14.6. The topological polar surface area (TPSA) is 60.3 Å². The number of para-hydroxylation sites is 1. The first kappa shape index (κ1) is 29.9. The van der Waals surface area contributed by atoms with Crippen molar-refractivity contribution in [2.75, 3.05) is 17.7 Å². The second-order valence-electron chi connectivity index (χ2n) is 10.3. The van der Waals surface area contributed by atoms with Crippen LogP contribution in [0.5, 0.6) is 0 Å². The predicted octanol–water partition coefficient (Wildman–Crippen LogP) is 8.76. The molecular weight excluding hydrogens is 552 g/mol. The maximum Gasteiger partial charge on any atom is 0.305 e. The number of thioether (sulfide) groups is 1. The van der Waals surface area contributed by atoms with E-state index in [1.54, 1.807) is 17.8 Å². The number of carbonyl (C=O) groups is 2.